The van der Waals surface area contributed by atoms with Crippen LogP contribution in [0, 0.1) is 6.92 Å². The van der Waals surface area contributed by atoms with Crippen LogP contribution in [0.1, 0.15) is 32.3 Å². The lowest BCUT2D eigenvalue weighted by Gasteiger charge is -2.13. The molecule has 84 valence electrons. The van der Waals surface area contributed by atoms with Gasteiger partial charge in [-0.25, -0.2) is 8.42 Å². The summed E-state index contributed by atoms with van der Waals surface area (Å²) in [6, 6.07) is 7.08. The maximum Gasteiger partial charge on any atom is 0.181 e. The molecule has 0 N–H and O–H groups in total. The molecule has 15 heavy (non-hydrogen) atoms. The Labute approximate surface area is 92.2 Å². The van der Waals surface area contributed by atoms with Crippen molar-refractivity contribution in [2.45, 2.75) is 43.8 Å². The van der Waals surface area contributed by atoms with E-state index in [1.165, 1.54) is 0 Å². The summed E-state index contributed by atoms with van der Waals surface area (Å²) in [5.41, 5.74) is 1.08. The van der Waals surface area contributed by atoms with Crippen molar-refractivity contribution >= 4 is 9.84 Å². The molecule has 1 aromatic carbocycles. The van der Waals surface area contributed by atoms with Crippen molar-refractivity contribution in [3.8, 4) is 0 Å². The van der Waals surface area contributed by atoms with Gasteiger partial charge in [0.2, 0.25) is 0 Å². The number of hydrogen-bond donors (Lipinski definition) is 0. The molecule has 3 heteroatoms. The highest BCUT2D eigenvalue weighted by atomic mass is 32.2. The van der Waals surface area contributed by atoms with Crippen LogP contribution in [0.15, 0.2) is 29.2 Å². The van der Waals surface area contributed by atoms with Crippen LogP contribution in [-0.4, -0.2) is 13.7 Å². The molecule has 0 aliphatic heterocycles. The van der Waals surface area contributed by atoms with Gasteiger partial charge in [-0.2, -0.15) is 0 Å². The normalized spacial score (nSPS) is 12.0. The molecule has 0 spiro atoms. The predicted molar refractivity (Wildman–Crippen MR) is 62.7 cm³/mol. The standard InChI is InChI=1S/C12H18O2S/c1-4-11(5-2)15(13,14)12-8-6-10(3)7-9-12/h6-9,11H,4-5H2,1-3H3. The van der Waals surface area contributed by atoms with E-state index in [0.717, 1.165) is 5.56 Å². The predicted octanol–water partition coefficient (Wildman–Crippen LogP) is 2.96. The van der Waals surface area contributed by atoms with Crippen LogP contribution in [0.3, 0.4) is 0 Å². The molecule has 0 aliphatic carbocycles. The summed E-state index contributed by atoms with van der Waals surface area (Å²) in [5.74, 6) is 0. The highest BCUT2D eigenvalue weighted by Gasteiger charge is 2.23. The van der Waals surface area contributed by atoms with Gasteiger partial charge >= 0.3 is 0 Å². The lowest BCUT2D eigenvalue weighted by atomic mass is 10.2. The van der Waals surface area contributed by atoms with Crippen molar-refractivity contribution in [2.75, 3.05) is 0 Å². The Morgan fingerprint density at radius 3 is 1.93 bits per heavy atom. The third-order valence-electron chi connectivity index (χ3n) is 2.70. The van der Waals surface area contributed by atoms with E-state index in [1.807, 2.05) is 32.9 Å². The minimum atomic E-state index is -3.12. The minimum Gasteiger partial charge on any atom is -0.223 e. The average molecular weight is 226 g/mol. The van der Waals surface area contributed by atoms with Gasteiger partial charge in [-0.1, -0.05) is 31.5 Å². The van der Waals surface area contributed by atoms with E-state index < -0.39 is 9.84 Å². The first kappa shape index (κ1) is 12.2. The second-order valence-electron chi connectivity index (χ2n) is 3.80. The summed E-state index contributed by atoms with van der Waals surface area (Å²) in [6.45, 7) is 5.79. The van der Waals surface area contributed by atoms with Crippen molar-refractivity contribution in [3.05, 3.63) is 29.8 Å². The Morgan fingerprint density at radius 1 is 1.07 bits per heavy atom. The Morgan fingerprint density at radius 2 is 1.53 bits per heavy atom. The Bertz CT molecular complexity index is 400. The van der Waals surface area contributed by atoms with Crippen molar-refractivity contribution in [3.63, 3.8) is 0 Å². The zero-order valence-corrected chi connectivity index (χ0v) is 10.3. The Kier molecular flexibility index (Phi) is 3.91. The molecule has 0 fully saturated rings. The highest BCUT2D eigenvalue weighted by Crippen LogP contribution is 2.20. The third-order valence-corrected chi connectivity index (χ3v) is 5.17. The SMILES string of the molecule is CCC(CC)S(=O)(=O)c1ccc(C)cc1. The molecule has 0 atom stereocenters. The fourth-order valence-electron chi connectivity index (χ4n) is 1.65. The largest absolute Gasteiger partial charge is 0.223 e. The Hall–Kier alpha value is -0.830. The lowest BCUT2D eigenvalue weighted by Crippen LogP contribution is -2.19. The van der Waals surface area contributed by atoms with Gasteiger partial charge in [-0.05, 0) is 31.9 Å². The molecule has 1 rings (SSSR count). The molecule has 2 nitrogen and oxygen atoms in total. The Balaban J connectivity index is 3.11. The molecule has 0 heterocycles. The van der Waals surface area contributed by atoms with Gasteiger partial charge in [-0.15, -0.1) is 0 Å². The summed E-state index contributed by atoms with van der Waals surface area (Å²) >= 11 is 0. The first-order valence-corrected chi connectivity index (χ1v) is 6.87. The summed E-state index contributed by atoms with van der Waals surface area (Å²) in [4.78, 5) is 0.446. The van der Waals surface area contributed by atoms with Crippen LogP contribution >= 0.6 is 0 Å². The van der Waals surface area contributed by atoms with Crippen molar-refractivity contribution in [1.29, 1.82) is 0 Å². The van der Waals surface area contributed by atoms with Crippen LogP contribution in [0.25, 0.3) is 0 Å². The number of benzene rings is 1. The highest BCUT2D eigenvalue weighted by molar-refractivity contribution is 7.92. The topological polar surface area (TPSA) is 34.1 Å². The van der Waals surface area contributed by atoms with Crippen LogP contribution < -0.4 is 0 Å². The second-order valence-corrected chi connectivity index (χ2v) is 6.02. The zero-order valence-electron chi connectivity index (χ0n) is 9.53. The van der Waals surface area contributed by atoms with E-state index in [-0.39, 0.29) is 5.25 Å². The molecule has 0 radical (unpaired) electrons. The van der Waals surface area contributed by atoms with Crippen LogP contribution in [0.4, 0.5) is 0 Å². The van der Waals surface area contributed by atoms with Crippen molar-refractivity contribution in [2.24, 2.45) is 0 Å². The molecular formula is C12H18O2S. The summed E-state index contributed by atoms with van der Waals surface area (Å²) in [6.07, 6.45) is 1.35. The first-order valence-electron chi connectivity index (χ1n) is 5.33. The molecule has 0 saturated carbocycles. The van der Waals surface area contributed by atoms with Gasteiger partial charge in [0.1, 0.15) is 0 Å². The monoisotopic (exact) mass is 226 g/mol. The molecule has 0 unspecified atom stereocenters. The zero-order chi connectivity index (χ0) is 11.5. The smallest absolute Gasteiger partial charge is 0.181 e. The van der Waals surface area contributed by atoms with Crippen LogP contribution in [0.5, 0.6) is 0 Å². The van der Waals surface area contributed by atoms with Crippen molar-refractivity contribution in [1.82, 2.24) is 0 Å². The average Bonchev–Trinajstić information content (AvgIpc) is 2.19. The van der Waals surface area contributed by atoms with E-state index in [4.69, 9.17) is 0 Å². The number of hydrogen-bond acceptors (Lipinski definition) is 2. The lowest BCUT2D eigenvalue weighted by molar-refractivity contribution is 0.571. The van der Waals surface area contributed by atoms with Gasteiger partial charge in [0.25, 0.3) is 0 Å². The van der Waals surface area contributed by atoms with Gasteiger partial charge in [0.15, 0.2) is 9.84 Å². The first-order chi connectivity index (χ1) is 7.02. The van der Waals surface area contributed by atoms with E-state index in [2.05, 4.69) is 0 Å². The van der Waals surface area contributed by atoms with Gasteiger partial charge in [0, 0.05) is 0 Å². The van der Waals surface area contributed by atoms with E-state index >= 15 is 0 Å². The molecule has 0 aromatic heterocycles. The van der Waals surface area contributed by atoms with E-state index in [0.29, 0.717) is 17.7 Å². The number of aryl methyl sites for hydroxylation is 1. The summed E-state index contributed by atoms with van der Waals surface area (Å²) in [5, 5.41) is -0.250. The van der Waals surface area contributed by atoms with Gasteiger partial charge < -0.3 is 0 Å². The summed E-state index contributed by atoms with van der Waals surface area (Å²) < 4.78 is 24.2. The molecular weight excluding hydrogens is 208 g/mol. The van der Waals surface area contributed by atoms with E-state index in [9.17, 15) is 8.42 Å². The molecule has 1 aromatic rings. The molecule has 0 bridgehead atoms. The van der Waals surface area contributed by atoms with Crippen LogP contribution in [-0.2, 0) is 9.84 Å². The maximum atomic E-state index is 12.1. The quantitative estimate of drug-likeness (QED) is 0.791. The minimum absolute atomic E-state index is 0.250. The fourth-order valence-corrected chi connectivity index (χ4v) is 3.43. The molecule has 0 amide bonds. The summed E-state index contributed by atoms with van der Waals surface area (Å²) in [7, 11) is -3.12. The second kappa shape index (κ2) is 4.79. The molecule has 0 saturated heterocycles. The van der Waals surface area contributed by atoms with Crippen LogP contribution in [0.2, 0.25) is 0 Å². The number of sulfone groups is 1. The third kappa shape index (κ3) is 2.59. The maximum absolute atomic E-state index is 12.1. The van der Waals surface area contributed by atoms with E-state index in [1.54, 1.807) is 12.1 Å². The van der Waals surface area contributed by atoms with Gasteiger partial charge in [0.05, 0.1) is 10.1 Å². The fraction of sp³-hybridized carbons (Fsp3) is 0.500. The number of rotatable bonds is 4. The van der Waals surface area contributed by atoms with Crippen molar-refractivity contribution < 1.29 is 8.42 Å². The molecule has 0 aliphatic rings. The van der Waals surface area contributed by atoms with Gasteiger partial charge in [-0.3, -0.25) is 0 Å².